The molecule has 180 valence electrons. The molecule has 0 aromatic heterocycles. The summed E-state index contributed by atoms with van der Waals surface area (Å²) in [6.07, 6.45) is 11.0. The van der Waals surface area contributed by atoms with Crippen LogP contribution >= 0.6 is 24.0 Å². The molecule has 1 aromatic carbocycles. The minimum Gasteiger partial charge on any atom is -0.376 e. The third kappa shape index (κ3) is 6.56. The molecule has 1 unspecified atom stereocenters. The zero-order chi connectivity index (χ0) is 21.5. The number of hydrogen-bond acceptors (Lipinski definition) is 3. The Bertz CT molecular complexity index is 710. The molecule has 7 heteroatoms. The normalized spacial score (nSPS) is 24.2. The van der Waals surface area contributed by atoms with Crippen LogP contribution in [0.25, 0.3) is 0 Å². The molecule has 4 rings (SSSR count). The number of guanidine groups is 1. The lowest BCUT2D eigenvalue weighted by Crippen LogP contribution is -2.50. The first kappa shape index (κ1) is 25.7. The molecule has 0 bridgehead atoms. The quantitative estimate of drug-likeness (QED) is 0.307. The van der Waals surface area contributed by atoms with Gasteiger partial charge in [0, 0.05) is 38.7 Å². The summed E-state index contributed by atoms with van der Waals surface area (Å²) in [4.78, 5) is 6.92. The van der Waals surface area contributed by atoms with Crippen LogP contribution in [0, 0.1) is 5.82 Å². The lowest BCUT2D eigenvalue weighted by Gasteiger charge is -2.37. The molecule has 1 N–H and O–H groups in total. The van der Waals surface area contributed by atoms with Crippen molar-refractivity contribution in [2.75, 3.05) is 39.9 Å². The molecule has 1 atom stereocenters. The maximum absolute atomic E-state index is 13.4. The monoisotopic (exact) mass is 559 g/mol. The fourth-order valence-corrected chi connectivity index (χ4v) is 5.42. The highest BCUT2D eigenvalue weighted by atomic mass is 127. The number of piperidine rings is 1. The van der Waals surface area contributed by atoms with Crippen LogP contribution in [0.3, 0.4) is 0 Å². The van der Waals surface area contributed by atoms with Crippen LogP contribution in [0.2, 0.25) is 0 Å². The van der Waals surface area contributed by atoms with Crippen LogP contribution < -0.4 is 5.32 Å². The van der Waals surface area contributed by atoms with E-state index >= 15 is 0 Å². The Morgan fingerprint density at radius 1 is 1.12 bits per heavy atom. The zero-order valence-electron chi connectivity index (χ0n) is 19.4. The van der Waals surface area contributed by atoms with Crippen molar-refractivity contribution in [3.8, 4) is 0 Å². The van der Waals surface area contributed by atoms with E-state index in [0.717, 1.165) is 70.9 Å². The molecule has 1 aliphatic carbocycles. The SMILES string of the molecule is CN=C(NCC1(c2ccc(F)cc2)CCCC1)N1CCC(OCC2CCCCO2)CC1.I. The van der Waals surface area contributed by atoms with Crippen molar-refractivity contribution in [3.63, 3.8) is 0 Å². The predicted octanol–water partition coefficient (Wildman–Crippen LogP) is 4.88. The summed E-state index contributed by atoms with van der Waals surface area (Å²) in [5.41, 5.74) is 1.32. The lowest BCUT2D eigenvalue weighted by molar-refractivity contribution is -0.0721. The molecular formula is C25H39FIN3O2. The fourth-order valence-electron chi connectivity index (χ4n) is 5.42. The Morgan fingerprint density at radius 3 is 2.47 bits per heavy atom. The number of nitrogens with zero attached hydrogens (tertiary/aromatic N) is 2. The zero-order valence-corrected chi connectivity index (χ0v) is 21.7. The van der Waals surface area contributed by atoms with Crippen LogP contribution in [0.1, 0.15) is 63.4 Å². The number of rotatable bonds is 6. The van der Waals surface area contributed by atoms with Crippen molar-refractivity contribution in [1.29, 1.82) is 0 Å². The van der Waals surface area contributed by atoms with E-state index in [9.17, 15) is 4.39 Å². The summed E-state index contributed by atoms with van der Waals surface area (Å²) in [5.74, 6) is 0.809. The average molecular weight is 560 g/mol. The van der Waals surface area contributed by atoms with Gasteiger partial charge in [-0.15, -0.1) is 24.0 Å². The van der Waals surface area contributed by atoms with Gasteiger partial charge in [-0.05, 0) is 62.6 Å². The molecular weight excluding hydrogens is 520 g/mol. The molecule has 0 amide bonds. The van der Waals surface area contributed by atoms with Crippen molar-refractivity contribution in [3.05, 3.63) is 35.6 Å². The summed E-state index contributed by atoms with van der Waals surface area (Å²) >= 11 is 0. The van der Waals surface area contributed by atoms with Crippen molar-refractivity contribution in [2.45, 2.75) is 75.4 Å². The molecule has 0 radical (unpaired) electrons. The van der Waals surface area contributed by atoms with Gasteiger partial charge in [0.25, 0.3) is 0 Å². The van der Waals surface area contributed by atoms with Crippen molar-refractivity contribution in [1.82, 2.24) is 10.2 Å². The Kier molecular flexibility index (Phi) is 10.0. The Morgan fingerprint density at radius 2 is 1.84 bits per heavy atom. The molecule has 2 heterocycles. The molecule has 1 saturated carbocycles. The highest BCUT2D eigenvalue weighted by Gasteiger charge is 2.36. The third-order valence-corrected chi connectivity index (χ3v) is 7.35. The van der Waals surface area contributed by atoms with E-state index < -0.39 is 0 Å². The summed E-state index contributed by atoms with van der Waals surface area (Å²) in [6.45, 7) is 4.38. The summed E-state index contributed by atoms with van der Waals surface area (Å²) in [5, 5.41) is 3.65. The number of likely N-dealkylation sites (tertiary alicyclic amines) is 1. The topological polar surface area (TPSA) is 46.1 Å². The Hall–Kier alpha value is -0.930. The van der Waals surface area contributed by atoms with Gasteiger partial charge >= 0.3 is 0 Å². The van der Waals surface area contributed by atoms with Crippen molar-refractivity contribution in [2.24, 2.45) is 4.99 Å². The molecule has 3 fully saturated rings. The number of benzene rings is 1. The van der Waals surface area contributed by atoms with Gasteiger partial charge in [-0.25, -0.2) is 4.39 Å². The number of aliphatic imine (C=N–C) groups is 1. The highest BCUT2D eigenvalue weighted by molar-refractivity contribution is 14.0. The van der Waals surface area contributed by atoms with E-state index in [0.29, 0.717) is 6.10 Å². The minimum absolute atomic E-state index is 0. The Balaban J connectivity index is 0.00000289. The maximum atomic E-state index is 13.4. The first-order chi connectivity index (χ1) is 15.2. The molecule has 1 aromatic rings. The molecule has 5 nitrogen and oxygen atoms in total. The van der Waals surface area contributed by atoms with Gasteiger partial charge in [0.2, 0.25) is 0 Å². The molecule has 2 aliphatic heterocycles. The van der Waals surface area contributed by atoms with Crippen LogP contribution in [0.4, 0.5) is 4.39 Å². The number of ether oxygens (including phenoxy) is 2. The van der Waals surface area contributed by atoms with Gasteiger partial charge in [-0.1, -0.05) is 25.0 Å². The van der Waals surface area contributed by atoms with E-state index in [2.05, 4.69) is 15.2 Å². The smallest absolute Gasteiger partial charge is 0.193 e. The van der Waals surface area contributed by atoms with E-state index in [4.69, 9.17) is 9.47 Å². The maximum Gasteiger partial charge on any atom is 0.193 e. The van der Waals surface area contributed by atoms with Gasteiger partial charge in [-0.2, -0.15) is 0 Å². The summed E-state index contributed by atoms with van der Waals surface area (Å²) in [7, 11) is 1.87. The first-order valence-corrected chi connectivity index (χ1v) is 12.1. The van der Waals surface area contributed by atoms with Gasteiger partial charge in [0.1, 0.15) is 5.82 Å². The minimum atomic E-state index is -0.166. The van der Waals surface area contributed by atoms with Gasteiger partial charge in [-0.3, -0.25) is 4.99 Å². The van der Waals surface area contributed by atoms with Crippen LogP contribution in [-0.2, 0) is 14.9 Å². The predicted molar refractivity (Wildman–Crippen MR) is 137 cm³/mol. The first-order valence-electron chi connectivity index (χ1n) is 12.1. The van der Waals surface area contributed by atoms with Crippen molar-refractivity contribution < 1.29 is 13.9 Å². The number of halogens is 2. The third-order valence-electron chi connectivity index (χ3n) is 7.35. The second kappa shape index (κ2) is 12.5. The highest BCUT2D eigenvalue weighted by Crippen LogP contribution is 2.40. The molecule has 0 spiro atoms. The van der Waals surface area contributed by atoms with Crippen LogP contribution in [-0.4, -0.2) is 63.0 Å². The standard InChI is InChI=1S/C25H38FN3O2.HI/c1-27-24(28-19-25(13-3-4-14-25)20-7-9-21(26)10-8-20)29-15-11-22(12-16-29)31-18-23-6-2-5-17-30-23;/h7-10,22-23H,2-6,11-19H2,1H3,(H,27,28);1H. The van der Waals surface area contributed by atoms with E-state index in [-0.39, 0.29) is 41.3 Å². The fraction of sp³-hybridized carbons (Fsp3) is 0.720. The molecule has 2 saturated heterocycles. The van der Waals surface area contributed by atoms with E-state index in [1.165, 1.54) is 31.2 Å². The second-order valence-electron chi connectivity index (χ2n) is 9.40. The number of nitrogens with one attached hydrogen (secondary N) is 1. The van der Waals surface area contributed by atoms with Crippen LogP contribution in [0.15, 0.2) is 29.3 Å². The van der Waals surface area contributed by atoms with Gasteiger partial charge in [0.15, 0.2) is 5.96 Å². The van der Waals surface area contributed by atoms with Gasteiger partial charge in [0.05, 0.1) is 18.8 Å². The summed E-state index contributed by atoms with van der Waals surface area (Å²) in [6, 6.07) is 7.11. The van der Waals surface area contributed by atoms with E-state index in [1.807, 2.05) is 19.2 Å². The molecule has 3 aliphatic rings. The lowest BCUT2D eigenvalue weighted by atomic mass is 9.79. The van der Waals surface area contributed by atoms with E-state index in [1.54, 1.807) is 12.1 Å². The van der Waals surface area contributed by atoms with Crippen molar-refractivity contribution >= 4 is 29.9 Å². The second-order valence-corrected chi connectivity index (χ2v) is 9.40. The number of hydrogen-bond donors (Lipinski definition) is 1. The largest absolute Gasteiger partial charge is 0.376 e. The Labute approximate surface area is 209 Å². The van der Waals surface area contributed by atoms with Crippen LogP contribution in [0.5, 0.6) is 0 Å². The van der Waals surface area contributed by atoms with Gasteiger partial charge < -0.3 is 19.7 Å². The summed E-state index contributed by atoms with van der Waals surface area (Å²) < 4.78 is 25.4. The molecule has 32 heavy (non-hydrogen) atoms. The average Bonchev–Trinajstić information content (AvgIpc) is 3.30.